The van der Waals surface area contributed by atoms with E-state index in [4.69, 9.17) is 10.5 Å². The molecule has 0 radical (unpaired) electrons. The highest BCUT2D eigenvalue weighted by molar-refractivity contribution is 6.03. The van der Waals surface area contributed by atoms with Gasteiger partial charge in [0.2, 0.25) is 0 Å². The Morgan fingerprint density at radius 2 is 2.05 bits per heavy atom. The van der Waals surface area contributed by atoms with Gasteiger partial charge in [0.25, 0.3) is 5.69 Å². The Hall–Kier alpha value is -3.09. The van der Waals surface area contributed by atoms with Gasteiger partial charge in [0.1, 0.15) is 11.5 Å². The quantitative estimate of drug-likeness (QED) is 0.390. The number of aliphatic imine (C=N–C) groups is 1. The van der Waals surface area contributed by atoms with E-state index in [1.54, 1.807) is 19.1 Å². The number of rotatable bonds is 4. The van der Waals surface area contributed by atoms with Gasteiger partial charge in [-0.25, -0.2) is 0 Å². The molecule has 114 valence electrons. The lowest BCUT2D eigenvalue weighted by Crippen LogP contribution is -1.97. The molecule has 2 aromatic rings. The first-order valence-electron chi connectivity index (χ1n) is 6.39. The lowest BCUT2D eigenvalue weighted by atomic mass is 10.1. The maximum Gasteiger partial charge on any atom is 0.271 e. The summed E-state index contributed by atoms with van der Waals surface area (Å²) in [5, 5.41) is 20.7. The normalized spacial score (nSPS) is 11.3. The van der Waals surface area contributed by atoms with Crippen molar-refractivity contribution in [2.75, 3.05) is 12.8 Å². The van der Waals surface area contributed by atoms with E-state index in [0.29, 0.717) is 22.7 Å². The van der Waals surface area contributed by atoms with Crippen LogP contribution in [0, 0.1) is 10.1 Å². The van der Waals surface area contributed by atoms with Gasteiger partial charge in [-0.2, -0.15) is 0 Å². The van der Waals surface area contributed by atoms with Crippen molar-refractivity contribution >= 4 is 22.8 Å². The molecule has 2 rings (SSSR count). The first-order chi connectivity index (χ1) is 10.4. The number of phenols is 1. The summed E-state index contributed by atoms with van der Waals surface area (Å²) in [5.41, 5.74) is 7.33. The minimum absolute atomic E-state index is 0.0288. The lowest BCUT2D eigenvalue weighted by Gasteiger charge is -2.07. The van der Waals surface area contributed by atoms with Crippen LogP contribution >= 0.6 is 0 Å². The van der Waals surface area contributed by atoms with Gasteiger partial charge in [-0.3, -0.25) is 15.1 Å². The maximum atomic E-state index is 10.7. The number of nitrogens with zero attached hydrogens (tertiary/aromatic N) is 2. The number of anilines is 1. The summed E-state index contributed by atoms with van der Waals surface area (Å²) in [7, 11) is 1.51. The molecule has 22 heavy (non-hydrogen) atoms. The Morgan fingerprint density at radius 3 is 2.59 bits per heavy atom. The molecule has 3 N–H and O–H groups in total. The molecule has 0 aliphatic rings. The van der Waals surface area contributed by atoms with Crippen LogP contribution in [0.1, 0.15) is 12.5 Å². The predicted molar refractivity (Wildman–Crippen MR) is 84.0 cm³/mol. The molecule has 2 aromatic carbocycles. The van der Waals surface area contributed by atoms with Gasteiger partial charge >= 0.3 is 0 Å². The Morgan fingerprint density at radius 1 is 1.32 bits per heavy atom. The van der Waals surface area contributed by atoms with E-state index in [1.807, 2.05) is 0 Å². The van der Waals surface area contributed by atoms with E-state index >= 15 is 0 Å². The fourth-order valence-electron chi connectivity index (χ4n) is 1.94. The Labute approximate surface area is 126 Å². The fraction of sp³-hybridized carbons (Fsp3) is 0.133. The van der Waals surface area contributed by atoms with Gasteiger partial charge in [-0.15, -0.1) is 0 Å². The van der Waals surface area contributed by atoms with E-state index in [1.165, 1.54) is 31.4 Å². The number of nitrogen functional groups attached to an aromatic ring is 1. The van der Waals surface area contributed by atoms with Gasteiger partial charge < -0.3 is 15.6 Å². The van der Waals surface area contributed by atoms with Gasteiger partial charge in [0, 0.05) is 29.5 Å². The molecule has 0 aliphatic carbocycles. The van der Waals surface area contributed by atoms with E-state index in [2.05, 4.69) is 4.99 Å². The Balaban J connectivity index is 2.38. The van der Waals surface area contributed by atoms with E-state index < -0.39 is 4.92 Å². The average Bonchev–Trinajstić information content (AvgIpc) is 2.48. The molecular weight excluding hydrogens is 286 g/mol. The molecule has 0 heterocycles. The van der Waals surface area contributed by atoms with Crippen molar-refractivity contribution in [1.29, 1.82) is 0 Å². The van der Waals surface area contributed by atoms with Crippen LogP contribution in [0.2, 0.25) is 0 Å². The summed E-state index contributed by atoms with van der Waals surface area (Å²) in [6.07, 6.45) is 0. The molecule has 0 amide bonds. The third-order valence-electron chi connectivity index (χ3n) is 3.10. The Kier molecular flexibility index (Phi) is 4.26. The number of nitro groups is 1. The molecule has 0 atom stereocenters. The van der Waals surface area contributed by atoms with Crippen LogP contribution in [0.3, 0.4) is 0 Å². The molecule has 0 aliphatic heterocycles. The molecule has 0 unspecified atom stereocenters. The van der Waals surface area contributed by atoms with Crippen LogP contribution in [-0.2, 0) is 0 Å². The molecule has 7 heteroatoms. The third kappa shape index (κ3) is 3.14. The third-order valence-corrected chi connectivity index (χ3v) is 3.10. The Bertz CT molecular complexity index is 756. The fourth-order valence-corrected chi connectivity index (χ4v) is 1.94. The standard InChI is InChI=1S/C15H15N3O4/c1-9(12-5-4-11(22-2)8-15(12)19)17-14-6-3-10(18(20)21)7-13(14)16/h3-8,19H,16H2,1-2H3. The topological polar surface area (TPSA) is 111 Å². The number of nitrogens with two attached hydrogens (primary N) is 1. The lowest BCUT2D eigenvalue weighted by molar-refractivity contribution is -0.384. The molecule has 7 nitrogen and oxygen atoms in total. The number of methoxy groups -OCH3 is 1. The van der Waals surface area contributed by atoms with Crippen molar-refractivity contribution in [2.24, 2.45) is 4.99 Å². The van der Waals surface area contributed by atoms with Crippen LogP contribution in [0.4, 0.5) is 17.1 Å². The molecule has 0 saturated carbocycles. The number of nitro benzene ring substituents is 1. The average molecular weight is 301 g/mol. The number of hydrogen-bond donors (Lipinski definition) is 2. The number of hydrogen-bond acceptors (Lipinski definition) is 6. The van der Waals surface area contributed by atoms with Crippen LogP contribution < -0.4 is 10.5 Å². The summed E-state index contributed by atoms with van der Waals surface area (Å²) in [5.74, 6) is 0.560. The van der Waals surface area contributed by atoms with Crippen molar-refractivity contribution in [3.05, 3.63) is 52.1 Å². The van der Waals surface area contributed by atoms with Crippen LogP contribution in [0.25, 0.3) is 0 Å². The highest BCUT2D eigenvalue weighted by atomic mass is 16.6. The minimum Gasteiger partial charge on any atom is -0.507 e. The second-order valence-electron chi connectivity index (χ2n) is 4.58. The second-order valence-corrected chi connectivity index (χ2v) is 4.58. The molecule has 0 spiro atoms. The maximum absolute atomic E-state index is 10.7. The van der Waals surface area contributed by atoms with Crippen molar-refractivity contribution in [2.45, 2.75) is 6.92 Å². The molecule has 0 bridgehead atoms. The molecule has 0 saturated heterocycles. The van der Waals surface area contributed by atoms with Crippen molar-refractivity contribution in [3.8, 4) is 11.5 Å². The van der Waals surface area contributed by atoms with E-state index in [0.717, 1.165) is 0 Å². The zero-order valence-corrected chi connectivity index (χ0v) is 12.1. The number of aromatic hydroxyl groups is 1. The molecule has 0 aromatic heterocycles. The highest BCUT2D eigenvalue weighted by Gasteiger charge is 2.10. The highest BCUT2D eigenvalue weighted by Crippen LogP contribution is 2.29. The van der Waals surface area contributed by atoms with Gasteiger partial charge in [-0.1, -0.05) is 0 Å². The number of benzene rings is 2. The second kappa shape index (κ2) is 6.13. The van der Waals surface area contributed by atoms with Crippen LogP contribution in [-0.4, -0.2) is 22.9 Å². The smallest absolute Gasteiger partial charge is 0.271 e. The van der Waals surface area contributed by atoms with E-state index in [9.17, 15) is 15.2 Å². The van der Waals surface area contributed by atoms with Crippen molar-refractivity contribution in [1.82, 2.24) is 0 Å². The number of non-ortho nitro benzene ring substituents is 1. The zero-order valence-electron chi connectivity index (χ0n) is 12.1. The van der Waals surface area contributed by atoms with E-state index in [-0.39, 0.29) is 17.1 Å². The van der Waals surface area contributed by atoms with Crippen LogP contribution in [0.5, 0.6) is 11.5 Å². The summed E-state index contributed by atoms with van der Waals surface area (Å²) < 4.78 is 5.02. The summed E-state index contributed by atoms with van der Waals surface area (Å²) in [4.78, 5) is 14.5. The summed E-state index contributed by atoms with van der Waals surface area (Å²) in [6, 6.07) is 8.91. The van der Waals surface area contributed by atoms with Gasteiger partial charge in [0.15, 0.2) is 0 Å². The largest absolute Gasteiger partial charge is 0.507 e. The molecular formula is C15H15N3O4. The van der Waals surface area contributed by atoms with Crippen molar-refractivity contribution in [3.63, 3.8) is 0 Å². The minimum atomic E-state index is -0.522. The van der Waals surface area contributed by atoms with Gasteiger partial charge in [0.05, 0.1) is 23.4 Å². The first kappa shape index (κ1) is 15.3. The van der Waals surface area contributed by atoms with Gasteiger partial charge in [-0.05, 0) is 25.1 Å². The predicted octanol–water partition coefficient (Wildman–Crippen LogP) is 3.03. The monoisotopic (exact) mass is 301 g/mol. The molecule has 0 fully saturated rings. The summed E-state index contributed by atoms with van der Waals surface area (Å²) in [6.45, 7) is 1.71. The summed E-state index contributed by atoms with van der Waals surface area (Å²) >= 11 is 0. The van der Waals surface area contributed by atoms with Crippen LogP contribution in [0.15, 0.2) is 41.4 Å². The van der Waals surface area contributed by atoms with Crippen molar-refractivity contribution < 1.29 is 14.8 Å². The first-order valence-corrected chi connectivity index (χ1v) is 6.39. The number of phenolic OH excluding ortho intramolecular Hbond substituents is 1. The SMILES string of the molecule is COc1ccc(C(C)=Nc2ccc([N+](=O)[O-])cc2N)c(O)c1. The number of ether oxygens (including phenoxy) is 1. The zero-order chi connectivity index (χ0) is 16.3.